The van der Waals surface area contributed by atoms with Crippen molar-refractivity contribution in [3.8, 4) is 0 Å². The molecule has 7 nitrogen and oxygen atoms in total. The first-order chi connectivity index (χ1) is 17.7. The highest BCUT2D eigenvalue weighted by atomic mass is 32.2. The Morgan fingerprint density at radius 1 is 0.973 bits per heavy atom. The summed E-state index contributed by atoms with van der Waals surface area (Å²) in [4.78, 5) is 28.2. The molecular formula is C29H35N3O4S. The molecule has 3 aromatic rings. The lowest BCUT2D eigenvalue weighted by molar-refractivity contribution is -0.140. The quantitative estimate of drug-likeness (QED) is 0.402. The Morgan fingerprint density at radius 3 is 2.38 bits per heavy atom. The highest BCUT2D eigenvalue weighted by molar-refractivity contribution is 7.93. The van der Waals surface area contributed by atoms with Gasteiger partial charge in [-0.3, -0.25) is 13.9 Å². The fraction of sp³-hybridized carbons (Fsp3) is 0.379. The van der Waals surface area contributed by atoms with E-state index in [1.807, 2.05) is 68.4 Å². The molecule has 2 amide bonds. The van der Waals surface area contributed by atoms with Gasteiger partial charge in [0, 0.05) is 30.9 Å². The third kappa shape index (κ3) is 5.64. The molecule has 8 heteroatoms. The lowest BCUT2D eigenvalue weighted by Gasteiger charge is -2.30. The van der Waals surface area contributed by atoms with Crippen LogP contribution in [-0.2, 0) is 26.0 Å². The molecule has 0 spiro atoms. The van der Waals surface area contributed by atoms with E-state index in [0.717, 1.165) is 22.8 Å². The van der Waals surface area contributed by atoms with Crippen molar-refractivity contribution in [2.45, 2.75) is 63.4 Å². The smallest absolute Gasteiger partial charge is 0.265 e. The lowest BCUT2D eigenvalue weighted by atomic mass is 10.1. The number of carbonyl (C=O) groups is 2. The Kier molecular flexibility index (Phi) is 8.17. The van der Waals surface area contributed by atoms with Gasteiger partial charge in [0.25, 0.3) is 10.0 Å². The molecule has 196 valence electrons. The van der Waals surface area contributed by atoms with Gasteiger partial charge >= 0.3 is 0 Å². The largest absolute Gasteiger partial charge is 0.352 e. The number of amides is 2. The van der Waals surface area contributed by atoms with Gasteiger partial charge in [0.1, 0.15) is 6.04 Å². The van der Waals surface area contributed by atoms with Crippen LogP contribution in [0.1, 0.15) is 45.6 Å². The maximum Gasteiger partial charge on any atom is 0.265 e. The third-order valence-electron chi connectivity index (χ3n) is 7.09. The second-order valence-electron chi connectivity index (χ2n) is 9.63. The average Bonchev–Trinajstić information content (AvgIpc) is 3.12. The first-order valence-electron chi connectivity index (χ1n) is 12.9. The summed E-state index contributed by atoms with van der Waals surface area (Å²) in [5, 5.41) is 4.59. The zero-order valence-electron chi connectivity index (χ0n) is 21.7. The second kappa shape index (κ2) is 11.3. The van der Waals surface area contributed by atoms with Crippen LogP contribution in [0.2, 0.25) is 0 Å². The van der Waals surface area contributed by atoms with Crippen molar-refractivity contribution in [3.63, 3.8) is 0 Å². The zero-order chi connectivity index (χ0) is 26.6. The fourth-order valence-corrected chi connectivity index (χ4v) is 6.50. The number of carbonyl (C=O) groups excluding carboxylic acids is 2. The van der Waals surface area contributed by atoms with Gasteiger partial charge < -0.3 is 10.2 Å². The molecule has 0 unspecified atom stereocenters. The van der Waals surface area contributed by atoms with E-state index in [4.69, 9.17) is 0 Å². The van der Waals surface area contributed by atoms with Crippen LogP contribution in [0.3, 0.4) is 0 Å². The van der Waals surface area contributed by atoms with Crippen LogP contribution in [0.25, 0.3) is 10.8 Å². The monoisotopic (exact) mass is 521 g/mol. The summed E-state index contributed by atoms with van der Waals surface area (Å²) in [6.07, 6.45) is 1.93. The minimum atomic E-state index is -3.66. The number of sulfonamides is 1. The molecule has 1 N–H and O–H groups in total. The van der Waals surface area contributed by atoms with Crippen LogP contribution < -0.4 is 9.62 Å². The number of benzene rings is 3. The van der Waals surface area contributed by atoms with Crippen LogP contribution in [0, 0.1) is 0 Å². The fourth-order valence-electron chi connectivity index (χ4n) is 4.75. The second-order valence-corrected chi connectivity index (χ2v) is 11.5. The molecule has 0 aliphatic carbocycles. The SMILES string of the molecule is CC[C@@H](C)NC(=O)[C@@H](C)N(CCc1ccccc1)C(=O)CCCN1c2cccc3cccc(c23)S1(=O)=O. The molecule has 37 heavy (non-hydrogen) atoms. The Hall–Kier alpha value is -3.39. The van der Waals surface area contributed by atoms with Gasteiger partial charge in [0.15, 0.2) is 0 Å². The lowest BCUT2D eigenvalue weighted by Crippen LogP contribution is -2.50. The molecule has 1 heterocycles. The van der Waals surface area contributed by atoms with Gasteiger partial charge in [-0.25, -0.2) is 8.42 Å². The van der Waals surface area contributed by atoms with Crippen molar-refractivity contribution < 1.29 is 18.0 Å². The van der Waals surface area contributed by atoms with Crippen LogP contribution >= 0.6 is 0 Å². The van der Waals surface area contributed by atoms with E-state index in [2.05, 4.69) is 5.32 Å². The molecule has 1 aliphatic rings. The van der Waals surface area contributed by atoms with Crippen LogP contribution in [0.15, 0.2) is 71.6 Å². The van der Waals surface area contributed by atoms with Crippen LogP contribution in [0.5, 0.6) is 0 Å². The molecule has 0 fully saturated rings. The summed E-state index contributed by atoms with van der Waals surface area (Å²) in [5.74, 6) is -0.338. The standard InChI is InChI=1S/C29H35N3O4S/c1-4-21(2)30-29(34)22(3)31(20-18-23-11-6-5-7-12-23)27(33)17-10-19-32-25-15-8-13-24-14-9-16-26(28(24)25)37(32,35)36/h5-9,11-16,21-22H,4,10,17-20H2,1-3H3,(H,30,34)/t21-,22-/m1/s1. The van der Waals surface area contributed by atoms with E-state index in [1.165, 1.54) is 4.31 Å². The summed E-state index contributed by atoms with van der Waals surface area (Å²) in [6.45, 7) is 6.30. The summed E-state index contributed by atoms with van der Waals surface area (Å²) < 4.78 is 27.9. The van der Waals surface area contributed by atoms with Gasteiger partial charge in [-0.05, 0) is 56.2 Å². The van der Waals surface area contributed by atoms with Crippen molar-refractivity contribution in [1.82, 2.24) is 10.2 Å². The molecule has 0 aromatic heterocycles. The number of hydrogen-bond donors (Lipinski definition) is 1. The van der Waals surface area contributed by atoms with Crippen molar-refractivity contribution in [2.75, 3.05) is 17.4 Å². The average molecular weight is 522 g/mol. The molecule has 1 aliphatic heterocycles. The van der Waals surface area contributed by atoms with Crippen molar-refractivity contribution in [3.05, 3.63) is 72.3 Å². The van der Waals surface area contributed by atoms with E-state index in [0.29, 0.717) is 30.0 Å². The molecule has 0 saturated heterocycles. The molecule has 3 aromatic carbocycles. The van der Waals surface area contributed by atoms with E-state index in [1.54, 1.807) is 24.0 Å². The van der Waals surface area contributed by atoms with E-state index < -0.39 is 16.1 Å². The zero-order valence-corrected chi connectivity index (χ0v) is 22.5. The number of anilines is 1. The molecular weight excluding hydrogens is 486 g/mol. The Balaban J connectivity index is 1.46. The highest BCUT2D eigenvalue weighted by Gasteiger charge is 2.35. The predicted molar refractivity (Wildman–Crippen MR) is 147 cm³/mol. The summed E-state index contributed by atoms with van der Waals surface area (Å²) in [7, 11) is -3.66. The van der Waals surface area contributed by atoms with E-state index in [9.17, 15) is 18.0 Å². The van der Waals surface area contributed by atoms with Gasteiger partial charge in [-0.15, -0.1) is 0 Å². The Bertz CT molecular complexity index is 1370. The van der Waals surface area contributed by atoms with Crippen molar-refractivity contribution in [2.24, 2.45) is 0 Å². The number of nitrogens with one attached hydrogen (secondary N) is 1. The third-order valence-corrected chi connectivity index (χ3v) is 8.94. The Labute approximate surface area is 219 Å². The number of nitrogens with zero attached hydrogens (tertiary/aromatic N) is 2. The number of hydrogen-bond acceptors (Lipinski definition) is 4. The van der Waals surface area contributed by atoms with Crippen LogP contribution in [0.4, 0.5) is 5.69 Å². The van der Waals surface area contributed by atoms with E-state index in [-0.39, 0.29) is 30.8 Å². The minimum absolute atomic E-state index is 0.0192. The first-order valence-corrected chi connectivity index (χ1v) is 14.4. The molecule has 0 bridgehead atoms. The molecule has 2 atom stereocenters. The normalized spacial score (nSPS) is 15.4. The van der Waals surface area contributed by atoms with E-state index >= 15 is 0 Å². The van der Waals surface area contributed by atoms with Gasteiger partial charge in [-0.1, -0.05) is 61.5 Å². The molecule has 0 saturated carbocycles. The summed E-state index contributed by atoms with van der Waals surface area (Å²) in [5.41, 5.74) is 1.74. The topological polar surface area (TPSA) is 86.8 Å². The Morgan fingerprint density at radius 2 is 1.68 bits per heavy atom. The van der Waals surface area contributed by atoms with Gasteiger partial charge in [0.05, 0.1) is 10.6 Å². The summed E-state index contributed by atoms with van der Waals surface area (Å²) in [6, 6.07) is 20.1. The van der Waals surface area contributed by atoms with Gasteiger partial charge in [0.2, 0.25) is 11.8 Å². The van der Waals surface area contributed by atoms with Gasteiger partial charge in [-0.2, -0.15) is 0 Å². The number of rotatable bonds is 11. The highest BCUT2D eigenvalue weighted by Crippen LogP contribution is 2.42. The molecule has 4 rings (SSSR count). The summed E-state index contributed by atoms with van der Waals surface area (Å²) >= 11 is 0. The van der Waals surface area contributed by atoms with Crippen molar-refractivity contribution >= 4 is 38.3 Å². The molecule has 0 radical (unpaired) electrons. The minimum Gasteiger partial charge on any atom is -0.352 e. The maximum atomic E-state index is 13.4. The first kappa shape index (κ1) is 26.7. The van der Waals surface area contributed by atoms with Crippen molar-refractivity contribution in [1.29, 1.82) is 0 Å². The maximum absolute atomic E-state index is 13.4. The van der Waals surface area contributed by atoms with Crippen LogP contribution in [-0.4, -0.2) is 50.3 Å². The predicted octanol–water partition coefficient (Wildman–Crippen LogP) is 4.50.